The van der Waals surface area contributed by atoms with Gasteiger partial charge in [0.15, 0.2) is 0 Å². The van der Waals surface area contributed by atoms with Gasteiger partial charge in [-0.15, -0.1) is 0 Å². The number of pyridine rings is 1. The lowest BCUT2D eigenvalue weighted by molar-refractivity contribution is 0.472. The number of rotatable bonds is 1. The molecular weight excluding hydrogens is 219 g/mol. The fourth-order valence-corrected chi connectivity index (χ4v) is 1.36. The SMILES string of the molecule is Oc1cccnc1-c1c(F)cc(F)cc1F. The molecule has 0 saturated heterocycles. The maximum Gasteiger partial charge on any atom is 0.142 e. The molecule has 1 N–H and O–H groups in total. The fraction of sp³-hybridized carbons (Fsp3) is 0. The van der Waals surface area contributed by atoms with Crippen LogP contribution in [0.1, 0.15) is 0 Å². The van der Waals surface area contributed by atoms with Gasteiger partial charge in [-0.2, -0.15) is 0 Å². The van der Waals surface area contributed by atoms with Crippen molar-refractivity contribution in [3.63, 3.8) is 0 Å². The van der Waals surface area contributed by atoms with Crippen LogP contribution in [0.15, 0.2) is 30.5 Å². The normalized spacial score (nSPS) is 10.4. The van der Waals surface area contributed by atoms with Crippen molar-refractivity contribution in [1.82, 2.24) is 4.98 Å². The first-order valence-electron chi connectivity index (χ1n) is 4.38. The summed E-state index contributed by atoms with van der Waals surface area (Å²) < 4.78 is 39.4. The minimum absolute atomic E-state index is 0.252. The van der Waals surface area contributed by atoms with E-state index < -0.39 is 23.0 Å². The molecule has 0 aliphatic rings. The Morgan fingerprint density at radius 3 is 2.25 bits per heavy atom. The van der Waals surface area contributed by atoms with Crippen LogP contribution >= 0.6 is 0 Å². The lowest BCUT2D eigenvalue weighted by atomic mass is 10.1. The predicted molar refractivity (Wildman–Crippen MR) is 51.2 cm³/mol. The van der Waals surface area contributed by atoms with E-state index in [2.05, 4.69) is 4.98 Å². The first-order valence-corrected chi connectivity index (χ1v) is 4.38. The molecule has 2 rings (SSSR count). The number of hydrogen-bond acceptors (Lipinski definition) is 2. The Balaban J connectivity index is 2.70. The molecule has 5 heteroatoms. The quantitative estimate of drug-likeness (QED) is 0.809. The van der Waals surface area contributed by atoms with Crippen LogP contribution in [-0.4, -0.2) is 10.1 Å². The molecule has 0 radical (unpaired) electrons. The number of aromatic hydroxyl groups is 1. The second-order valence-corrected chi connectivity index (χ2v) is 3.12. The molecular formula is C11H6F3NO. The van der Waals surface area contributed by atoms with Crippen LogP contribution in [0.5, 0.6) is 5.75 Å². The van der Waals surface area contributed by atoms with Gasteiger partial charge in [0.25, 0.3) is 0 Å². The van der Waals surface area contributed by atoms with Crippen LogP contribution < -0.4 is 0 Å². The molecule has 0 fully saturated rings. The monoisotopic (exact) mass is 225 g/mol. The van der Waals surface area contributed by atoms with Gasteiger partial charge in [0, 0.05) is 18.3 Å². The number of benzene rings is 1. The van der Waals surface area contributed by atoms with Crippen LogP contribution in [0.4, 0.5) is 13.2 Å². The molecule has 0 spiro atoms. The summed E-state index contributed by atoms with van der Waals surface area (Å²) in [6, 6.07) is 3.72. The predicted octanol–water partition coefficient (Wildman–Crippen LogP) is 2.87. The molecule has 1 aromatic heterocycles. The Hall–Kier alpha value is -2.04. The van der Waals surface area contributed by atoms with Gasteiger partial charge in [0.1, 0.15) is 28.9 Å². The third-order valence-electron chi connectivity index (χ3n) is 2.03. The van der Waals surface area contributed by atoms with Crippen molar-refractivity contribution in [2.24, 2.45) is 0 Å². The Kier molecular flexibility index (Phi) is 2.52. The van der Waals surface area contributed by atoms with Crippen molar-refractivity contribution < 1.29 is 18.3 Å². The number of hydrogen-bond donors (Lipinski definition) is 1. The molecule has 0 atom stereocenters. The molecule has 0 amide bonds. The number of halogens is 3. The summed E-state index contributed by atoms with van der Waals surface area (Å²) in [7, 11) is 0. The molecule has 1 heterocycles. The summed E-state index contributed by atoms with van der Waals surface area (Å²) in [5, 5.41) is 9.39. The molecule has 0 saturated carbocycles. The van der Waals surface area contributed by atoms with Gasteiger partial charge in [-0.3, -0.25) is 4.98 Å². The minimum Gasteiger partial charge on any atom is -0.506 e. The van der Waals surface area contributed by atoms with Crippen molar-refractivity contribution in [2.75, 3.05) is 0 Å². The average Bonchev–Trinajstić information content (AvgIpc) is 2.19. The van der Waals surface area contributed by atoms with Crippen LogP contribution in [0.25, 0.3) is 11.3 Å². The van der Waals surface area contributed by atoms with E-state index in [1.54, 1.807) is 0 Å². The van der Waals surface area contributed by atoms with E-state index in [4.69, 9.17) is 0 Å². The van der Waals surface area contributed by atoms with Gasteiger partial charge in [-0.05, 0) is 12.1 Å². The Labute approximate surface area is 89.0 Å². The maximum atomic E-state index is 13.3. The van der Waals surface area contributed by atoms with Crippen LogP contribution in [-0.2, 0) is 0 Å². The van der Waals surface area contributed by atoms with E-state index in [0.717, 1.165) is 0 Å². The average molecular weight is 225 g/mol. The summed E-state index contributed by atoms with van der Waals surface area (Å²) in [5.74, 6) is -3.60. The van der Waals surface area contributed by atoms with Crippen molar-refractivity contribution in [3.05, 3.63) is 47.9 Å². The first kappa shape index (κ1) is 10.5. The third-order valence-corrected chi connectivity index (χ3v) is 2.03. The summed E-state index contributed by atoms with van der Waals surface area (Å²) in [4.78, 5) is 3.65. The number of nitrogens with zero attached hydrogens (tertiary/aromatic N) is 1. The molecule has 2 nitrogen and oxygen atoms in total. The highest BCUT2D eigenvalue weighted by molar-refractivity contribution is 5.66. The zero-order chi connectivity index (χ0) is 11.7. The van der Waals surface area contributed by atoms with Gasteiger partial charge >= 0.3 is 0 Å². The fourth-order valence-electron chi connectivity index (χ4n) is 1.36. The van der Waals surface area contributed by atoms with E-state index in [1.165, 1.54) is 18.3 Å². The topological polar surface area (TPSA) is 33.1 Å². The van der Waals surface area contributed by atoms with Crippen LogP contribution in [0.3, 0.4) is 0 Å². The smallest absolute Gasteiger partial charge is 0.142 e. The van der Waals surface area contributed by atoms with E-state index >= 15 is 0 Å². The van der Waals surface area contributed by atoms with E-state index in [9.17, 15) is 18.3 Å². The molecule has 0 aliphatic carbocycles. The van der Waals surface area contributed by atoms with E-state index in [-0.39, 0.29) is 11.4 Å². The second-order valence-electron chi connectivity index (χ2n) is 3.12. The van der Waals surface area contributed by atoms with Crippen molar-refractivity contribution in [3.8, 4) is 17.0 Å². The van der Waals surface area contributed by atoms with Crippen molar-refractivity contribution >= 4 is 0 Å². The summed E-state index contributed by atoms with van der Waals surface area (Å²) in [5.41, 5.74) is -0.794. The highest BCUT2D eigenvalue weighted by Gasteiger charge is 2.17. The second kappa shape index (κ2) is 3.84. The lowest BCUT2D eigenvalue weighted by Crippen LogP contribution is -1.94. The summed E-state index contributed by atoms with van der Waals surface area (Å²) in [6.45, 7) is 0. The molecule has 1 aromatic carbocycles. The van der Waals surface area contributed by atoms with Gasteiger partial charge in [0.2, 0.25) is 0 Å². The van der Waals surface area contributed by atoms with Crippen LogP contribution in [0.2, 0.25) is 0 Å². The van der Waals surface area contributed by atoms with Gasteiger partial charge < -0.3 is 5.11 Å². The molecule has 16 heavy (non-hydrogen) atoms. The van der Waals surface area contributed by atoms with Gasteiger partial charge in [0.05, 0.1) is 5.56 Å². The van der Waals surface area contributed by atoms with Gasteiger partial charge in [-0.25, -0.2) is 13.2 Å². The van der Waals surface area contributed by atoms with Crippen molar-refractivity contribution in [1.29, 1.82) is 0 Å². The molecule has 0 bridgehead atoms. The summed E-state index contributed by atoms with van der Waals surface area (Å²) >= 11 is 0. The Morgan fingerprint density at radius 1 is 1.06 bits per heavy atom. The first-order chi connectivity index (χ1) is 7.59. The lowest BCUT2D eigenvalue weighted by Gasteiger charge is -2.06. The maximum absolute atomic E-state index is 13.3. The highest BCUT2D eigenvalue weighted by Crippen LogP contribution is 2.31. The van der Waals surface area contributed by atoms with E-state index in [1.807, 2.05) is 0 Å². The zero-order valence-electron chi connectivity index (χ0n) is 7.92. The standard InChI is InChI=1S/C11H6F3NO/c12-6-4-7(13)10(8(14)5-6)11-9(16)2-1-3-15-11/h1-5,16H. The number of aromatic nitrogens is 1. The summed E-state index contributed by atoms with van der Waals surface area (Å²) in [6.07, 6.45) is 1.28. The highest BCUT2D eigenvalue weighted by atomic mass is 19.1. The Bertz CT molecular complexity index is 519. The zero-order valence-corrected chi connectivity index (χ0v) is 7.92. The third kappa shape index (κ3) is 1.71. The molecule has 0 aliphatic heterocycles. The Morgan fingerprint density at radius 2 is 1.69 bits per heavy atom. The largest absolute Gasteiger partial charge is 0.506 e. The molecule has 82 valence electrons. The van der Waals surface area contributed by atoms with Crippen LogP contribution in [0, 0.1) is 17.5 Å². The van der Waals surface area contributed by atoms with Gasteiger partial charge in [-0.1, -0.05) is 0 Å². The minimum atomic E-state index is -1.11. The molecule has 0 unspecified atom stereocenters. The van der Waals surface area contributed by atoms with Crippen molar-refractivity contribution in [2.45, 2.75) is 0 Å². The van der Waals surface area contributed by atoms with E-state index in [0.29, 0.717) is 12.1 Å². The molecule has 2 aromatic rings.